The molecule has 0 heterocycles. The third kappa shape index (κ3) is 1.18. The molecule has 11 heavy (non-hydrogen) atoms. The average Bonchev–Trinajstić information content (AvgIpc) is 2.50. The highest BCUT2D eigenvalue weighted by atomic mass is 14.4. The molecule has 0 aromatic heterocycles. The van der Waals surface area contributed by atoms with Crippen LogP contribution in [0.1, 0.15) is 25.7 Å². The van der Waals surface area contributed by atoms with Gasteiger partial charge in [-0.2, -0.15) is 5.26 Å². The SMILES string of the molecule is N#CC1CCC2CC=CC2C1. The Morgan fingerprint density at radius 2 is 2.27 bits per heavy atom. The van der Waals surface area contributed by atoms with Crippen LogP contribution in [0.4, 0.5) is 0 Å². The summed E-state index contributed by atoms with van der Waals surface area (Å²) < 4.78 is 0. The molecule has 0 N–H and O–H groups in total. The van der Waals surface area contributed by atoms with Gasteiger partial charge in [-0.15, -0.1) is 0 Å². The smallest absolute Gasteiger partial charge is 0.0656 e. The van der Waals surface area contributed by atoms with E-state index < -0.39 is 0 Å². The van der Waals surface area contributed by atoms with Crippen molar-refractivity contribution in [1.82, 2.24) is 0 Å². The Morgan fingerprint density at radius 3 is 3.09 bits per heavy atom. The molecule has 3 atom stereocenters. The number of allylic oxidation sites excluding steroid dienone is 2. The Labute approximate surface area is 67.7 Å². The van der Waals surface area contributed by atoms with E-state index in [1.807, 2.05) is 0 Å². The van der Waals surface area contributed by atoms with E-state index in [9.17, 15) is 0 Å². The highest BCUT2D eigenvalue weighted by Crippen LogP contribution is 2.39. The predicted octanol–water partition coefficient (Wildman–Crippen LogP) is 2.50. The number of hydrogen-bond acceptors (Lipinski definition) is 1. The lowest BCUT2D eigenvalue weighted by Crippen LogP contribution is -2.19. The van der Waals surface area contributed by atoms with E-state index in [1.165, 1.54) is 12.8 Å². The molecule has 58 valence electrons. The van der Waals surface area contributed by atoms with Gasteiger partial charge in [0.05, 0.1) is 6.07 Å². The number of hydrogen-bond donors (Lipinski definition) is 0. The summed E-state index contributed by atoms with van der Waals surface area (Å²) in [6.07, 6.45) is 9.40. The molecule has 2 aliphatic rings. The van der Waals surface area contributed by atoms with Crippen molar-refractivity contribution in [3.8, 4) is 6.07 Å². The van der Waals surface area contributed by atoms with Crippen molar-refractivity contribution in [1.29, 1.82) is 5.26 Å². The molecule has 0 bridgehead atoms. The van der Waals surface area contributed by atoms with Crippen LogP contribution in [0.25, 0.3) is 0 Å². The molecule has 0 aliphatic heterocycles. The average molecular weight is 147 g/mol. The molecule has 0 aromatic carbocycles. The molecule has 0 amide bonds. The minimum absolute atomic E-state index is 0.346. The second-order valence-corrected chi connectivity index (χ2v) is 3.73. The first-order valence-electron chi connectivity index (χ1n) is 4.46. The monoisotopic (exact) mass is 147 g/mol. The lowest BCUT2D eigenvalue weighted by atomic mass is 9.76. The number of nitriles is 1. The summed E-state index contributed by atoms with van der Waals surface area (Å²) in [6.45, 7) is 0. The topological polar surface area (TPSA) is 23.8 Å². The first-order valence-corrected chi connectivity index (χ1v) is 4.46. The number of nitrogens with zero attached hydrogens (tertiary/aromatic N) is 1. The second kappa shape index (κ2) is 2.70. The molecule has 0 aromatic rings. The fourth-order valence-corrected chi connectivity index (χ4v) is 2.34. The summed E-state index contributed by atoms with van der Waals surface area (Å²) in [6, 6.07) is 2.38. The lowest BCUT2D eigenvalue weighted by molar-refractivity contribution is 0.265. The molecule has 0 radical (unpaired) electrons. The molecule has 2 rings (SSSR count). The summed E-state index contributed by atoms with van der Waals surface area (Å²) >= 11 is 0. The van der Waals surface area contributed by atoms with E-state index in [0.717, 1.165) is 24.7 Å². The standard InChI is InChI=1S/C10H13N/c11-7-8-4-5-9-2-1-3-10(9)6-8/h1,3,8-10H,2,4-6H2. The maximum absolute atomic E-state index is 8.74. The van der Waals surface area contributed by atoms with E-state index in [0.29, 0.717) is 5.92 Å². The van der Waals surface area contributed by atoms with Crippen molar-refractivity contribution >= 4 is 0 Å². The zero-order valence-electron chi connectivity index (χ0n) is 6.66. The minimum atomic E-state index is 0.346. The molecule has 0 spiro atoms. The van der Waals surface area contributed by atoms with E-state index >= 15 is 0 Å². The summed E-state index contributed by atoms with van der Waals surface area (Å²) in [5.41, 5.74) is 0. The van der Waals surface area contributed by atoms with Crippen molar-refractivity contribution in [2.75, 3.05) is 0 Å². The maximum Gasteiger partial charge on any atom is 0.0656 e. The van der Waals surface area contributed by atoms with Crippen LogP contribution >= 0.6 is 0 Å². The Bertz CT molecular complexity index is 211. The van der Waals surface area contributed by atoms with Gasteiger partial charge in [-0.05, 0) is 37.5 Å². The van der Waals surface area contributed by atoms with Crippen LogP contribution in [0.2, 0.25) is 0 Å². The Hall–Kier alpha value is -0.770. The van der Waals surface area contributed by atoms with Crippen LogP contribution in [0.5, 0.6) is 0 Å². The van der Waals surface area contributed by atoms with Crippen LogP contribution in [-0.4, -0.2) is 0 Å². The molecular formula is C10H13N. The van der Waals surface area contributed by atoms with Crippen molar-refractivity contribution in [2.24, 2.45) is 17.8 Å². The molecule has 2 aliphatic carbocycles. The summed E-state index contributed by atoms with van der Waals surface area (Å²) in [7, 11) is 0. The van der Waals surface area contributed by atoms with Crippen LogP contribution in [-0.2, 0) is 0 Å². The van der Waals surface area contributed by atoms with Crippen LogP contribution in [0.15, 0.2) is 12.2 Å². The quantitative estimate of drug-likeness (QED) is 0.483. The van der Waals surface area contributed by atoms with Gasteiger partial charge in [0.15, 0.2) is 0 Å². The Kier molecular flexibility index (Phi) is 1.69. The van der Waals surface area contributed by atoms with Crippen molar-refractivity contribution in [3.05, 3.63) is 12.2 Å². The Balaban J connectivity index is 2.02. The van der Waals surface area contributed by atoms with Crippen LogP contribution < -0.4 is 0 Å². The van der Waals surface area contributed by atoms with Crippen molar-refractivity contribution in [3.63, 3.8) is 0 Å². The van der Waals surface area contributed by atoms with Gasteiger partial charge in [0.25, 0.3) is 0 Å². The highest BCUT2D eigenvalue weighted by Gasteiger charge is 2.30. The van der Waals surface area contributed by atoms with Crippen molar-refractivity contribution in [2.45, 2.75) is 25.7 Å². The van der Waals surface area contributed by atoms with E-state index in [1.54, 1.807) is 0 Å². The highest BCUT2D eigenvalue weighted by molar-refractivity contribution is 5.05. The zero-order chi connectivity index (χ0) is 7.68. The van der Waals surface area contributed by atoms with E-state index in [-0.39, 0.29) is 0 Å². The third-order valence-electron chi connectivity index (χ3n) is 3.05. The zero-order valence-corrected chi connectivity index (χ0v) is 6.66. The molecule has 3 unspecified atom stereocenters. The van der Waals surface area contributed by atoms with Gasteiger partial charge < -0.3 is 0 Å². The third-order valence-corrected chi connectivity index (χ3v) is 3.05. The normalized spacial score (nSPS) is 41.5. The van der Waals surface area contributed by atoms with E-state index in [2.05, 4.69) is 18.2 Å². The van der Waals surface area contributed by atoms with Gasteiger partial charge in [0.2, 0.25) is 0 Å². The number of rotatable bonds is 0. The summed E-state index contributed by atoms with van der Waals surface area (Å²) in [5, 5.41) is 8.74. The molecular weight excluding hydrogens is 134 g/mol. The van der Waals surface area contributed by atoms with Crippen molar-refractivity contribution < 1.29 is 0 Å². The first kappa shape index (κ1) is 6.91. The van der Waals surface area contributed by atoms with Gasteiger partial charge >= 0.3 is 0 Å². The van der Waals surface area contributed by atoms with Gasteiger partial charge in [-0.3, -0.25) is 0 Å². The first-order chi connectivity index (χ1) is 5.40. The van der Waals surface area contributed by atoms with Gasteiger partial charge in [-0.25, -0.2) is 0 Å². The second-order valence-electron chi connectivity index (χ2n) is 3.73. The summed E-state index contributed by atoms with van der Waals surface area (Å²) in [5.74, 6) is 1.98. The van der Waals surface area contributed by atoms with Crippen LogP contribution in [0, 0.1) is 29.1 Å². The molecule has 1 heteroatoms. The molecule has 0 saturated heterocycles. The molecule has 1 nitrogen and oxygen atoms in total. The van der Waals surface area contributed by atoms with Gasteiger partial charge in [-0.1, -0.05) is 12.2 Å². The lowest BCUT2D eigenvalue weighted by Gasteiger charge is -2.27. The molecule has 1 fully saturated rings. The predicted molar refractivity (Wildman–Crippen MR) is 43.7 cm³/mol. The molecule has 1 saturated carbocycles. The number of fused-ring (bicyclic) bond motifs is 1. The minimum Gasteiger partial charge on any atom is -0.198 e. The fourth-order valence-electron chi connectivity index (χ4n) is 2.34. The largest absolute Gasteiger partial charge is 0.198 e. The maximum atomic E-state index is 8.74. The summed E-state index contributed by atoms with van der Waals surface area (Å²) in [4.78, 5) is 0. The van der Waals surface area contributed by atoms with Gasteiger partial charge in [0, 0.05) is 5.92 Å². The Morgan fingerprint density at radius 1 is 1.36 bits per heavy atom. The van der Waals surface area contributed by atoms with E-state index in [4.69, 9.17) is 5.26 Å². The fraction of sp³-hybridized carbons (Fsp3) is 0.700. The van der Waals surface area contributed by atoms with Crippen LogP contribution in [0.3, 0.4) is 0 Å². The van der Waals surface area contributed by atoms with Gasteiger partial charge in [0.1, 0.15) is 0 Å².